The molecule has 0 amide bonds. The number of aliphatic hydroxyl groups is 4. The Labute approximate surface area is 197 Å². The lowest BCUT2D eigenvalue weighted by molar-refractivity contribution is -0.225. The molecule has 0 saturated heterocycles. The maximum Gasteiger partial charge on any atom is 0.192 e. The summed E-state index contributed by atoms with van der Waals surface area (Å²) in [7, 11) is 0. The van der Waals surface area contributed by atoms with Gasteiger partial charge in [-0.1, -0.05) is 13.8 Å². The third-order valence-corrected chi connectivity index (χ3v) is 9.41. The summed E-state index contributed by atoms with van der Waals surface area (Å²) in [6.07, 6.45) is -0.314. The smallest absolute Gasteiger partial charge is 0.192 e. The fourth-order valence-corrected chi connectivity index (χ4v) is 7.60. The second-order valence-corrected chi connectivity index (χ2v) is 10.8. The zero-order chi connectivity index (χ0) is 24.4. The van der Waals surface area contributed by atoms with Gasteiger partial charge in [-0.3, -0.25) is 9.59 Å². The van der Waals surface area contributed by atoms with E-state index >= 15 is 4.39 Å². The number of alkyl halides is 2. The number of halogens is 2. The molecule has 0 heterocycles. The zero-order valence-corrected chi connectivity index (χ0v) is 19.6. The van der Waals surface area contributed by atoms with Crippen molar-refractivity contribution in [3.8, 4) is 0 Å². The molecule has 4 N–H and O–H groups in total. The van der Waals surface area contributed by atoms with Crippen LogP contribution in [-0.2, 0) is 14.3 Å². The standard InChI is InChI=1S/C24H32ClFO7/c1-21-4-3-14(33-6-5-25)8-15(21)13(11-27)7-17-16-9-18(29)24(32,20(31)12-28)22(16,2)10-19(30)23(17,21)26/h8,11,16-19,28-30,32H,3-7,9-10,12H2,1-2H3/t16-,17-,18+,19-,21-,22-,23?,24-/m0/s1. The largest absolute Gasteiger partial charge is 0.497 e. The first-order chi connectivity index (χ1) is 15.4. The highest BCUT2D eigenvalue weighted by atomic mass is 35.5. The normalized spacial score (nSPS) is 46.7. The van der Waals surface area contributed by atoms with E-state index in [9.17, 15) is 30.0 Å². The van der Waals surface area contributed by atoms with E-state index in [1.165, 1.54) is 0 Å². The van der Waals surface area contributed by atoms with Crippen LogP contribution in [0.4, 0.5) is 4.39 Å². The average Bonchev–Trinajstić information content (AvgIpc) is 2.99. The molecule has 0 aromatic rings. The molecule has 2 saturated carbocycles. The van der Waals surface area contributed by atoms with Crippen LogP contribution < -0.4 is 0 Å². The lowest BCUT2D eigenvalue weighted by Gasteiger charge is -2.63. The molecule has 0 radical (unpaired) electrons. The Balaban J connectivity index is 1.85. The summed E-state index contributed by atoms with van der Waals surface area (Å²) in [6.45, 7) is 2.57. The topological polar surface area (TPSA) is 124 Å². The van der Waals surface area contributed by atoms with Gasteiger partial charge in [0.2, 0.25) is 0 Å². The van der Waals surface area contributed by atoms with Crippen molar-refractivity contribution in [1.29, 1.82) is 0 Å². The average molecular weight is 487 g/mol. The van der Waals surface area contributed by atoms with Gasteiger partial charge in [0.25, 0.3) is 0 Å². The fraction of sp³-hybridized carbons (Fsp3) is 0.750. The highest BCUT2D eigenvalue weighted by Crippen LogP contribution is 2.70. The third-order valence-electron chi connectivity index (χ3n) is 9.25. The van der Waals surface area contributed by atoms with Crippen molar-refractivity contribution in [2.45, 2.75) is 69.4 Å². The van der Waals surface area contributed by atoms with Gasteiger partial charge in [-0.05, 0) is 48.8 Å². The SMILES string of the molecule is C[C@]12CCC(OCCCl)=CC1=C(C=O)C[C@H]1[C@@H]3C[C@@H](O)[C@](O)(C(=O)CO)[C@@]3(C)C[C@H](O)C12F. The number of rotatable bonds is 6. The number of allylic oxidation sites excluding steroid dienone is 4. The molecule has 0 aromatic heterocycles. The van der Waals surface area contributed by atoms with Crippen LogP contribution >= 0.6 is 11.6 Å². The number of hydrogen-bond acceptors (Lipinski definition) is 7. The molecule has 0 aliphatic heterocycles. The molecule has 0 bridgehead atoms. The van der Waals surface area contributed by atoms with Crippen LogP contribution in [0.2, 0.25) is 0 Å². The van der Waals surface area contributed by atoms with E-state index in [4.69, 9.17) is 16.3 Å². The minimum Gasteiger partial charge on any atom is -0.497 e. The Bertz CT molecular complexity index is 920. The highest BCUT2D eigenvalue weighted by Gasteiger charge is 2.76. The van der Waals surface area contributed by atoms with E-state index in [0.717, 1.165) is 0 Å². The summed E-state index contributed by atoms with van der Waals surface area (Å²) in [5.74, 6) is -1.64. The molecule has 4 rings (SSSR count). The van der Waals surface area contributed by atoms with Gasteiger partial charge in [0.1, 0.15) is 25.2 Å². The molecule has 9 heteroatoms. The number of hydrogen-bond donors (Lipinski definition) is 4. The number of aldehydes is 1. The van der Waals surface area contributed by atoms with Gasteiger partial charge in [-0.2, -0.15) is 0 Å². The van der Waals surface area contributed by atoms with Gasteiger partial charge in [0, 0.05) is 23.2 Å². The first-order valence-electron chi connectivity index (χ1n) is 11.4. The molecule has 33 heavy (non-hydrogen) atoms. The van der Waals surface area contributed by atoms with Gasteiger partial charge in [0.05, 0.1) is 23.8 Å². The molecule has 2 fully saturated rings. The quantitative estimate of drug-likeness (QED) is 0.332. The molecule has 1 unspecified atom stereocenters. The molecule has 4 aliphatic carbocycles. The monoisotopic (exact) mass is 486 g/mol. The van der Waals surface area contributed by atoms with Crippen LogP contribution in [0.5, 0.6) is 0 Å². The molecule has 8 atom stereocenters. The minimum absolute atomic E-state index is 0.00234. The minimum atomic E-state index is -2.31. The number of aliphatic hydroxyl groups excluding tert-OH is 3. The first-order valence-corrected chi connectivity index (χ1v) is 12.0. The van der Waals surface area contributed by atoms with E-state index < -0.39 is 58.5 Å². The van der Waals surface area contributed by atoms with Crippen LogP contribution in [0.15, 0.2) is 23.0 Å². The van der Waals surface area contributed by atoms with Gasteiger partial charge in [0.15, 0.2) is 11.4 Å². The Morgan fingerprint density at radius 1 is 1.30 bits per heavy atom. The Morgan fingerprint density at radius 2 is 2.00 bits per heavy atom. The van der Waals surface area contributed by atoms with Crippen LogP contribution in [0.1, 0.15) is 46.0 Å². The first kappa shape index (κ1) is 24.8. The van der Waals surface area contributed by atoms with Crippen molar-refractivity contribution in [3.63, 3.8) is 0 Å². The summed E-state index contributed by atoms with van der Waals surface area (Å²) in [5.41, 5.74) is -6.15. The second kappa shape index (κ2) is 8.12. The summed E-state index contributed by atoms with van der Waals surface area (Å²) in [6, 6.07) is 0. The molecule has 0 spiro atoms. The highest BCUT2D eigenvalue weighted by molar-refractivity contribution is 6.17. The van der Waals surface area contributed by atoms with Crippen molar-refractivity contribution < 1.29 is 39.1 Å². The number of ketones is 1. The van der Waals surface area contributed by atoms with E-state index in [-0.39, 0.29) is 25.9 Å². The maximum absolute atomic E-state index is 17.3. The van der Waals surface area contributed by atoms with Gasteiger partial charge in [-0.25, -0.2) is 4.39 Å². The van der Waals surface area contributed by atoms with Crippen molar-refractivity contribution in [1.82, 2.24) is 0 Å². The van der Waals surface area contributed by atoms with Crippen LogP contribution in [0.3, 0.4) is 0 Å². The molecule has 7 nitrogen and oxygen atoms in total. The Kier molecular flexibility index (Phi) is 6.10. The van der Waals surface area contributed by atoms with Crippen LogP contribution in [0, 0.1) is 22.7 Å². The Hall–Kier alpha value is -1.32. The lowest BCUT2D eigenvalue weighted by atomic mass is 9.44. The van der Waals surface area contributed by atoms with E-state index in [1.54, 1.807) is 19.9 Å². The van der Waals surface area contributed by atoms with Crippen LogP contribution in [0.25, 0.3) is 0 Å². The summed E-state index contributed by atoms with van der Waals surface area (Å²) in [5, 5.41) is 42.8. The van der Waals surface area contributed by atoms with Crippen molar-refractivity contribution in [2.75, 3.05) is 19.1 Å². The van der Waals surface area contributed by atoms with Gasteiger partial charge >= 0.3 is 0 Å². The van der Waals surface area contributed by atoms with Crippen molar-refractivity contribution in [3.05, 3.63) is 23.0 Å². The van der Waals surface area contributed by atoms with E-state index in [0.29, 0.717) is 41.9 Å². The predicted molar refractivity (Wildman–Crippen MR) is 117 cm³/mol. The summed E-state index contributed by atoms with van der Waals surface area (Å²) < 4.78 is 22.9. The molecule has 4 aliphatic rings. The number of ether oxygens (including phenoxy) is 1. The number of fused-ring (bicyclic) bond motifs is 5. The molecule has 184 valence electrons. The molecular formula is C24H32ClFO7. The number of carbonyl (C=O) groups is 2. The number of carbonyl (C=O) groups excluding carboxylic acids is 2. The van der Waals surface area contributed by atoms with Crippen LogP contribution in [-0.4, -0.2) is 75.1 Å². The lowest BCUT2D eigenvalue weighted by Crippen LogP contribution is -2.70. The predicted octanol–water partition coefficient (Wildman–Crippen LogP) is 1.59. The van der Waals surface area contributed by atoms with Gasteiger partial charge in [-0.15, -0.1) is 11.6 Å². The third kappa shape index (κ3) is 3.00. The number of Topliss-reactive ketones (excluding diaryl/α,β-unsaturated/α-hetero) is 1. The van der Waals surface area contributed by atoms with Gasteiger partial charge < -0.3 is 25.2 Å². The summed E-state index contributed by atoms with van der Waals surface area (Å²) >= 11 is 5.71. The van der Waals surface area contributed by atoms with Crippen molar-refractivity contribution in [2.24, 2.45) is 22.7 Å². The molecule has 0 aromatic carbocycles. The maximum atomic E-state index is 17.3. The van der Waals surface area contributed by atoms with E-state index in [2.05, 4.69) is 0 Å². The summed E-state index contributed by atoms with van der Waals surface area (Å²) in [4.78, 5) is 24.7. The zero-order valence-electron chi connectivity index (χ0n) is 18.9. The second-order valence-electron chi connectivity index (χ2n) is 10.5. The molecular weight excluding hydrogens is 455 g/mol. The van der Waals surface area contributed by atoms with E-state index in [1.807, 2.05) is 0 Å². The Morgan fingerprint density at radius 3 is 2.61 bits per heavy atom. The fourth-order valence-electron chi connectivity index (χ4n) is 7.52. The van der Waals surface area contributed by atoms with Crippen molar-refractivity contribution >= 4 is 23.7 Å².